The Hall–Kier alpha value is -0.870. The fourth-order valence-electron chi connectivity index (χ4n) is 0.618. The molecule has 5 heteroatoms. The first-order chi connectivity index (χ1) is 4.61. The molecule has 0 saturated carbocycles. The zero-order valence-electron chi connectivity index (χ0n) is 5.02. The Morgan fingerprint density at radius 1 is 1.40 bits per heavy atom. The first-order valence-corrected chi connectivity index (χ1v) is 2.76. The van der Waals surface area contributed by atoms with Gasteiger partial charge in [-0.15, -0.1) is 0 Å². The lowest BCUT2D eigenvalue weighted by atomic mass is 10.2. The van der Waals surface area contributed by atoms with Gasteiger partial charge in [-0.25, -0.2) is 0 Å². The van der Waals surface area contributed by atoms with E-state index < -0.39 is 11.9 Å². The maximum absolute atomic E-state index is 11.7. The van der Waals surface area contributed by atoms with Gasteiger partial charge in [0.15, 0.2) is 0 Å². The van der Waals surface area contributed by atoms with Crippen LogP contribution in [-0.4, -0.2) is 18.1 Å². The fourth-order valence-corrected chi connectivity index (χ4v) is 0.618. The van der Waals surface area contributed by atoms with Gasteiger partial charge >= 0.3 is 6.18 Å². The van der Waals surface area contributed by atoms with E-state index in [-0.39, 0.29) is 6.42 Å². The Balaban J connectivity index is 2.72. The molecular formula is C5H5F3N2. The highest BCUT2D eigenvalue weighted by molar-refractivity contribution is 5.92. The molecule has 0 bridgehead atoms. The Morgan fingerprint density at radius 3 is 2.40 bits per heavy atom. The van der Waals surface area contributed by atoms with Crippen molar-refractivity contribution in [2.75, 3.05) is 0 Å². The molecule has 0 aromatic carbocycles. The van der Waals surface area contributed by atoms with Gasteiger partial charge in [0.05, 0.1) is 0 Å². The van der Waals surface area contributed by atoms with Gasteiger partial charge in [0.25, 0.3) is 0 Å². The van der Waals surface area contributed by atoms with Crippen molar-refractivity contribution in [3.8, 4) is 0 Å². The molecule has 0 aromatic heterocycles. The number of nitrogens with zero attached hydrogens (tertiary/aromatic N) is 2. The molecule has 56 valence electrons. The van der Waals surface area contributed by atoms with E-state index in [1.165, 1.54) is 6.21 Å². The molecule has 0 atom stereocenters. The average molecular weight is 150 g/mol. The first-order valence-electron chi connectivity index (χ1n) is 2.76. The van der Waals surface area contributed by atoms with Crippen molar-refractivity contribution in [3.63, 3.8) is 0 Å². The van der Waals surface area contributed by atoms with Crippen LogP contribution in [-0.2, 0) is 0 Å². The van der Waals surface area contributed by atoms with Gasteiger partial charge in [0, 0.05) is 12.6 Å². The van der Waals surface area contributed by atoms with Crippen LogP contribution in [0.4, 0.5) is 13.2 Å². The second-order valence-electron chi connectivity index (χ2n) is 1.88. The minimum absolute atomic E-state index is 0.0486. The third-order valence-electron chi connectivity index (χ3n) is 1.10. The van der Waals surface area contributed by atoms with Gasteiger partial charge in [-0.2, -0.15) is 23.4 Å². The SMILES string of the molecule is FC(F)(F)C1=NN=CCC1. The molecule has 0 aliphatic carbocycles. The zero-order chi connectivity index (χ0) is 7.61. The maximum atomic E-state index is 11.7. The minimum Gasteiger partial charge on any atom is -0.165 e. The van der Waals surface area contributed by atoms with E-state index in [2.05, 4.69) is 10.2 Å². The van der Waals surface area contributed by atoms with Crippen LogP contribution in [0.3, 0.4) is 0 Å². The molecule has 2 nitrogen and oxygen atoms in total. The summed E-state index contributed by atoms with van der Waals surface area (Å²) < 4.78 is 35.2. The summed E-state index contributed by atoms with van der Waals surface area (Å²) in [5, 5.41) is 6.13. The fraction of sp³-hybridized carbons (Fsp3) is 0.600. The second-order valence-corrected chi connectivity index (χ2v) is 1.88. The van der Waals surface area contributed by atoms with Gasteiger partial charge in [0.1, 0.15) is 5.71 Å². The molecule has 0 spiro atoms. The summed E-state index contributed by atoms with van der Waals surface area (Å²) in [6.45, 7) is 0. The Kier molecular flexibility index (Phi) is 1.74. The lowest BCUT2D eigenvalue weighted by molar-refractivity contribution is -0.0607. The van der Waals surface area contributed by atoms with E-state index in [4.69, 9.17) is 0 Å². The molecule has 1 aliphatic heterocycles. The number of alkyl halides is 3. The molecule has 0 N–H and O–H groups in total. The van der Waals surface area contributed by atoms with E-state index in [1.54, 1.807) is 0 Å². The number of halogens is 3. The predicted octanol–water partition coefficient (Wildman–Crippen LogP) is 1.77. The quantitative estimate of drug-likeness (QED) is 0.502. The summed E-state index contributed by atoms with van der Waals surface area (Å²) >= 11 is 0. The number of hydrogen-bond acceptors (Lipinski definition) is 2. The van der Waals surface area contributed by atoms with Gasteiger partial charge in [0.2, 0.25) is 0 Å². The molecule has 1 rings (SSSR count). The van der Waals surface area contributed by atoms with E-state index in [1.807, 2.05) is 0 Å². The Labute approximate surface area is 55.5 Å². The average Bonchev–Trinajstić information content (AvgIpc) is 1.88. The summed E-state index contributed by atoms with van der Waals surface area (Å²) in [4.78, 5) is 0. The van der Waals surface area contributed by atoms with Crippen molar-refractivity contribution in [1.82, 2.24) is 0 Å². The molecule has 0 radical (unpaired) electrons. The number of rotatable bonds is 0. The third kappa shape index (κ3) is 1.55. The molecule has 0 amide bonds. The summed E-state index contributed by atoms with van der Waals surface area (Å²) in [6.07, 6.45) is -2.64. The molecule has 1 heterocycles. The van der Waals surface area contributed by atoms with Crippen LogP contribution in [0.15, 0.2) is 10.2 Å². The van der Waals surface area contributed by atoms with Crippen molar-refractivity contribution < 1.29 is 13.2 Å². The summed E-state index contributed by atoms with van der Waals surface area (Å²) in [5.74, 6) is 0. The third-order valence-corrected chi connectivity index (χ3v) is 1.10. The molecule has 0 unspecified atom stereocenters. The van der Waals surface area contributed by atoms with Gasteiger partial charge in [-0.3, -0.25) is 0 Å². The van der Waals surface area contributed by atoms with Gasteiger partial charge in [-0.1, -0.05) is 0 Å². The Morgan fingerprint density at radius 2 is 2.10 bits per heavy atom. The van der Waals surface area contributed by atoms with Crippen LogP contribution < -0.4 is 0 Å². The number of hydrogen-bond donors (Lipinski definition) is 0. The minimum atomic E-state index is -4.29. The van der Waals surface area contributed by atoms with E-state index in [0.29, 0.717) is 6.42 Å². The van der Waals surface area contributed by atoms with Crippen molar-refractivity contribution in [2.45, 2.75) is 19.0 Å². The van der Waals surface area contributed by atoms with Crippen molar-refractivity contribution >= 4 is 11.9 Å². The smallest absolute Gasteiger partial charge is 0.165 e. The molecule has 0 aromatic rings. The van der Waals surface area contributed by atoms with Crippen LogP contribution in [0.25, 0.3) is 0 Å². The zero-order valence-corrected chi connectivity index (χ0v) is 5.02. The van der Waals surface area contributed by atoms with Crippen LogP contribution in [0, 0.1) is 0 Å². The van der Waals surface area contributed by atoms with Crippen molar-refractivity contribution in [3.05, 3.63) is 0 Å². The van der Waals surface area contributed by atoms with Crippen LogP contribution >= 0.6 is 0 Å². The van der Waals surface area contributed by atoms with Gasteiger partial charge in [-0.05, 0) is 6.42 Å². The maximum Gasteiger partial charge on any atom is 0.431 e. The van der Waals surface area contributed by atoms with Crippen molar-refractivity contribution in [2.24, 2.45) is 10.2 Å². The lowest BCUT2D eigenvalue weighted by Crippen LogP contribution is -2.23. The predicted molar refractivity (Wildman–Crippen MR) is 31.2 cm³/mol. The summed E-state index contributed by atoms with van der Waals surface area (Å²) in [7, 11) is 0. The Bertz CT molecular complexity index is 180. The van der Waals surface area contributed by atoms with Crippen LogP contribution in [0.2, 0.25) is 0 Å². The summed E-state index contributed by atoms with van der Waals surface area (Å²) in [5.41, 5.74) is -0.782. The largest absolute Gasteiger partial charge is 0.431 e. The highest BCUT2D eigenvalue weighted by Crippen LogP contribution is 2.21. The molecular weight excluding hydrogens is 145 g/mol. The van der Waals surface area contributed by atoms with Gasteiger partial charge < -0.3 is 0 Å². The van der Waals surface area contributed by atoms with Crippen LogP contribution in [0.1, 0.15) is 12.8 Å². The second kappa shape index (κ2) is 2.40. The topological polar surface area (TPSA) is 24.7 Å². The van der Waals surface area contributed by atoms with Crippen LogP contribution in [0.5, 0.6) is 0 Å². The van der Waals surface area contributed by atoms with E-state index in [0.717, 1.165) is 0 Å². The van der Waals surface area contributed by atoms with E-state index >= 15 is 0 Å². The molecule has 0 fully saturated rings. The molecule has 10 heavy (non-hydrogen) atoms. The molecule has 1 aliphatic rings. The van der Waals surface area contributed by atoms with E-state index in [9.17, 15) is 13.2 Å². The molecule has 0 saturated heterocycles. The normalized spacial score (nSPS) is 18.9. The lowest BCUT2D eigenvalue weighted by Gasteiger charge is -2.08. The highest BCUT2D eigenvalue weighted by Gasteiger charge is 2.35. The van der Waals surface area contributed by atoms with Crippen molar-refractivity contribution in [1.29, 1.82) is 0 Å². The monoisotopic (exact) mass is 150 g/mol. The highest BCUT2D eigenvalue weighted by atomic mass is 19.4. The first kappa shape index (κ1) is 7.24. The standard InChI is InChI=1S/C5H5F3N2/c6-5(7,8)4-2-1-3-9-10-4/h3H,1-2H2. The summed E-state index contributed by atoms with van der Waals surface area (Å²) in [6, 6.07) is 0.